The van der Waals surface area contributed by atoms with E-state index in [0.29, 0.717) is 0 Å². The predicted octanol–water partition coefficient (Wildman–Crippen LogP) is 3.08. The third-order valence-electron chi connectivity index (χ3n) is 5.27. The zero-order valence-electron chi connectivity index (χ0n) is 16.6. The van der Waals surface area contributed by atoms with Crippen LogP contribution in [0.3, 0.4) is 0 Å². The van der Waals surface area contributed by atoms with Gasteiger partial charge in [-0.15, -0.1) is 0 Å². The first kappa shape index (κ1) is 20.3. The lowest BCUT2D eigenvalue weighted by Crippen LogP contribution is -2.52. The molecule has 0 aromatic heterocycles. The van der Waals surface area contributed by atoms with Crippen molar-refractivity contribution in [3.8, 4) is 0 Å². The molecular weight excluding hydrogens is 355 g/mol. The second kappa shape index (κ2) is 9.66. The number of nitrogens with zero attached hydrogens (tertiary/aromatic N) is 2. The zero-order valence-corrected chi connectivity index (χ0v) is 16.6. The standard InChI is InChI=1S/C22H29FN4O/c1-3-24-16-18-6-4-5-7-21(18)25-22(28)17(2)26-12-14-27(15-13-26)20-10-8-19(23)9-11-20/h4-11,17,24H,3,12-16H2,1-2H3,(H,25,28). The second-order valence-electron chi connectivity index (χ2n) is 7.10. The van der Waals surface area contributed by atoms with Crippen molar-refractivity contribution in [1.29, 1.82) is 0 Å². The zero-order chi connectivity index (χ0) is 19.9. The molecule has 2 aromatic rings. The number of nitrogens with one attached hydrogen (secondary N) is 2. The van der Waals surface area contributed by atoms with Crippen molar-refractivity contribution >= 4 is 17.3 Å². The molecule has 150 valence electrons. The molecular formula is C22H29FN4O. The van der Waals surface area contributed by atoms with E-state index in [4.69, 9.17) is 0 Å². The minimum atomic E-state index is -0.220. The Morgan fingerprint density at radius 3 is 2.43 bits per heavy atom. The quantitative estimate of drug-likeness (QED) is 0.770. The molecule has 0 bridgehead atoms. The summed E-state index contributed by atoms with van der Waals surface area (Å²) in [7, 11) is 0. The van der Waals surface area contributed by atoms with Gasteiger partial charge in [0.2, 0.25) is 5.91 Å². The first-order chi connectivity index (χ1) is 13.6. The molecule has 1 heterocycles. The number of amides is 1. The van der Waals surface area contributed by atoms with Crippen LogP contribution < -0.4 is 15.5 Å². The Hall–Kier alpha value is -2.44. The number of carbonyl (C=O) groups is 1. The van der Waals surface area contributed by atoms with Gasteiger partial charge in [0.05, 0.1) is 6.04 Å². The highest BCUT2D eigenvalue weighted by Crippen LogP contribution is 2.19. The van der Waals surface area contributed by atoms with E-state index in [9.17, 15) is 9.18 Å². The van der Waals surface area contributed by atoms with Crippen LogP contribution >= 0.6 is 0 Å². The summed E-state index contributed by atoms with van der Waals surface area (Å²) in [5.74, 6) is -0.207. The van der Waals surface area contributed by atoms with Gasteiger partial charge in [-0.3, -0.25) is 9.69 Å². The van der Waals surface area contributed by atoms with Gasteiger partial charge in [0.25, 0.3) is 0 Å². The minimum Gasteiger partial charge on any atom is -0.369 e. The van der Waals surface area contributed by atoms with Gasteiger partial charge in [-0.2, -0.15) is 0 Å². The van der Waals surface area contributed by atoms with Crippen LogP contribution in [0.2, 0.25) is 0 Å². The molecule has 0 aliphatic carbocycles. The van der Waals surface area contributed by atoms with E-state index in [-0.39, 0.29) is 17.8 Å². The molecule has 1 unspecified atom stereocenters. The SMILES string of the molecule is CCNCc1ccccc1NC(=O)C(C)N1CCN(c2ccc(F)cc2)CC1. The average molecular weight is 384 g/mol. The molecule has 2 aromatic carbocycles. The minimum absolute atomic E-state index is 0.0131. The lowest BCUT2D eigenvalue weighted by atomic mass is 10.1. The first-order valence-electron chi connectivity index (χ1n) is 9.92. The maximum Gasteiger partial charge on any atom is 0.241 e. The van der Waals surface area contributed by atoms with Crippen molar-refractivity contribution in [3.63, 3.8) is 0 Å². The summed E-state index contributed by atoms with van der Waals surface area (Å²) >= 11 is 0. The Balaban J connectivity index is 1.55. The van der Waals surface area contributed by atoms with Gasteiger partial charge in [0.1, 0.15) is 5.82 Å². The van der Waals surface area contributed by atoms with Crippen LogP contribution in [-0.2, 0) is 11.3 Å². The Bertz CT molecular complexity index is 772. The molecule has 3 rings (SSSR count). The fraction of sp³-hybridized carbons (Fsp3) is 0.409. The van der Waals surface area contributed by atoms with E-state index >= 15 is 0 Å². The Labute approximate surface area is 166 Å². The number of benzene rings is 2. The van der Waals surface area contributed by atoms with Crippen molar-refractivity contribution in [2.75, 3.05) is 42.9 Å². The lowest BCUT2D eigenvalue weighted by molar-refractivity contribution is -0.120. The number of hydrogen-bond acceptors (Lipinski definition) is 4. The molecule has 2 N–H and O–H groups in total. The Kier molecular flexibility index (Phi) is 7.01. The summed E-state index contributed by atoms with van der Waals surface area (Å²) < 4.78 is 13.1. The normalized spacial score (nSPS) is 16.0. The molecule has 6 heteroatoms. The summed E-state index contributed by atoms with van der Waals surface area (Å²) in [6.07, 6.45) is 0. The van der Waals surface area contributed by atoms with Crippen molar-refractivity contribution in [3.05, 3.63) is 59.9 Å². The topological polar surface area (TPSA) is 47.6 Å². The summed E-state index contributed by atoms with van der Waals surface area (Å²) in [6.45, 7) is 8.87. The number of para-hydroxylation sites is 1. The van der Waals surface area contributed by atoms with Crippen LogP contribution in [0.4, 0.5) is 15.8 Å². The van der Waals surface area contributed by atoms with Gasteiger partial charge >= 0.3 is 0 Å². The fourth-order valence-electron chi connectivity index (χ4n) is 3.48. The Morgan fingerprint density at radius 1 is 1.07 bits per heavy atom. The first-order valence-corrected chi connectivity index (χ1v) is 9.92. The van der Waals surface area contributed by atoms with Crippen molar-refractivity contribution in [2.45, 2.75) is 26.4 Å². The van der Waals surface area contributed by atoms with E-state index in [2.05, 4.69) is 27.4 Å². The summed E-state index contributed by atoms with van der Waals surface area (Å²) in [6, 6.07) is 14.3. The third kappa shape index (κ3) is 5.09. The smallest absolute Gasteiger partial charge is 0.241 e. The number of carbonyl (C=O) groups excluding carboxylic acids is 1. The van der Waals surface area contributed by atoms with Crippen LogP contribution in [0.25, 0.3) is 0 Å². The third-order valence-corrected chi connectivity index (χ3v) is 5.27. The molecule has 1 aliphatic heterocycles. The average Bonchev–Trinajstić information content (AvgIpc) is 2.73. The highest BCUT2D eigenvalue weighted by Gasteiger charge is 2.26. The van der Waals surface area contributed by atoms with E-state index in [1.54, 1.807) is 0 Å². The lowest BCUT2D eigenvalue weighted by Gasteiger charge is -2.38. The summed E-state index contributed by atoms with van der Waals surface area (Å²) in [4.78, 5) is 17.2. The number of hydrogen-bond donors (Lipinski definition) is 2. The molecule has 28 heavy (non-hydrogen) atoms. The number of rotatable bonds is 7. The van der Waals surface area contributed by atoms with E-state index in [1.807, 2.05) is 43.3 Å². The van der Waals surface area contributed by atoms with Gasteiger partial charge in [0, 0.05) is 44.1 Å². The van der Waals surface area contributed by atoms with Gasteiger partial charge < -0.3 is 15.5 Å². The summed E-state index contributed by atoms with van der Waals surface area (Å²) in [5.41, 5.74) is 2.98. The highest BCUT2D eigenvalue weighted by atomic mass is 19.1. The molecule has 1 atom stereocenters. The van der Waals surface area contributed by atoms with E-state index in [0.717, 1.165) is 56.2 Å². The molecule has 0 spiro atoms. The number of anilines is 2. The number of piperazine rings is 1. The fourth-order valence-corrected chi connectivity index (χ4v) is 3.48. The molecule has 1 saturated heterocycles. The van der Waals surface area contributed by atoms with Crippen LogP contribution in [0.1, 0.15) is 19.4 Å². The van der Waals surface area contributed by atoms with Crippen LogP contribution in [0.5, 0.6) is 0 Å². The van der Waals surface area contributed by atoms with Crippen molar-refractivity contribution in [1.82, 2.24) is 10.2 Å². The molecule has 1 aliphatic rings. The predicted molar refractivity (Wildman–Crippen MR) is 112 cm³/mol. The number of halogens is 1. The van der Waals surface area contributed by atoms with E-state index < -0.39 is 0 Å². The highest BCUT2D eigenvalue weighted by molar-refractivity contribution is 5.95. The maximum atomic E-state index is 13.1. The van der Waals surface area contributed by atoms with Crippen molar-refractivity contribution < 1.29 is 9.18 Å². The molecule has 0 saturated carbocycles. The largest absolute Gasteiger partial charge is 0.369 e. The van der Waals surface area contributed by atoms with Crippen LogP contribution in [-0.4, -0.2) is 49.6 Å². The Morgan fingerprint density at radius 2 is 1.75 bits per heavy atom. The second-order valence-corrected chi connectivity index (χ2v) is 7.10. The molecule has 5 nitrogen and oxygen atoms in total. The van der Waals surface area contributed by atoms with Gasteiger partial charge in [-0.1, -0.05) is 25.1 Å². The van der Waals surface area contributed by atoms with Gasteiger partial charge in [0.15, 0.2) is 0 Å². The van der Waals surface area contributed by atoms with Crippen LogP contribution in [0, 0.1) is 5.82 Å². The maximum absolute atomic E-state index is 13.1. The monoisotopic (exact) mass is 384 g/mol. The molecule has 0 radical (unpaired) electrons. The van der Waals surface area contributed by atoms with E-state index in [1.165, 1.54) is 12.1 Å². The van der Waals surface area contributed by atoms with Crippen LogP contribution in [0.15, 0.2) is 48.5 Å². The van der Waals surface area contributed by atoms with Gasteiger partial charge in [-0.25, -0.2) is 4.39 Å². The summed E-state index contributed by atoms with van der Waals surface area (Å²) in [5, 5.41) is 6.39. The van der Waals surface area contributed by atoms with Gasteiger partial charge in [-0.05, 0) is 49.4 Å². The van der Waals surface area contributed by atoms with Crippen molar-refractivity contribution in [2.24, 2.45) is 0 Å². The molecule has 1 amide bonds. The molecule has 1 fully saturated rings.